The molecule has 22 heavy (non-hydrogen) atoms. The molecule has 0 spiro atoms. The van der Waals surface area contributed by atoms with E-state index in [2.05, 4.69) is 5.32 Å². The Balaban J connectivity index is 1.82. The monoisotopic (exact) mass is 332 g/mol. The number of nitrogens with zero attached hydrogens (tertiary/aromatic N) is 1. The second-order valence-electron chi connectivity index (χ2n) is 5.92. The van der Waals surface area contributed by atoms with Crippen LogP contribution in [0.2, 0.25) is 0 Å². The van der Waals surface area contributed by atoms with E-state index in [9.17, 15) is 17.2 Å². The van der Waals surface area contributed by atoms with E-state index in [1.54, 1.807) is 6.07 Å². The van der Waals surface area contributed by atoms with E-state index in [0.717, 1.165) is 24.5 Å². The number of piperidine rings is 1. The molecule has 2 rings (SSSR count). The largest absolute Gasteiger partial charge is 0.313 e. The van der Waals surface area contributed by atoms with Gasteiger partial charge < -0.3 is 5.32 Å². The van der Waals surface area contributed by atoms with Gasteiger partial charge in [-0.1, -0.05) is 13.0 Å². The average molecular weight is 332 g/mol. The Hall–Kier alpha value is -1.05. The van der Waals surface area contributed by atoms with Gasteiger partial charge in [-0.2, -0.15) is 0 Å². The van der Waals surface area contributed by atoms with Crippen LogP contribution in [0.15, 0.2) is 18.2 Å². The normalized spacial score (nSPS) is 19.3. The Bertz CT molecular complexity index is 614. The SMILES string of the molecule is CC(CNC1CCN(S(C)(=O)=O)CC1)c1ccc(F)c(F)c1. The molecule has 1 saturated heterocycles. The molecule has 0 saturated carbocycles. The molecular weight excluding hydrogens is 310 g/mol. The summed E-state index contributed by atoms with van der Waals surface area (Å²) in [4.78, 5) is 0. The van der Waals surface area contributed by atoms with Crippen molar-refractivity contribution in [3.05, 3.63) is 35.4 Å². The van der Waals surface area contributed by atoms with Crippen molar-refractivity contribution in [1.82, 2.24) is 9.62 Å². The van der Waals surface area contributed by atoms with Crippen LogP contribution in [0.3, 0.4) is 0 Å². The molecule has 1 N–H and O–H groups in total. The standard InChI is InChI=1S/C15H22F2N2O2S/c1-11(12-3-4-14(16)15(17)9-12)10-18-13-5-7-19(8-6-13)22(2,20)21/h3-4,9,11,13,18H,5-8,10H2,1-2H3. The van der Waals surface area contributed by atoms with Gasteiger partial charge in [0.15, 0.2) is 11.6 Å². The molecule has 1 aliphatic rings. The third-order valence-corrected chi connectivity index (χ3v) is 5.45. The Morgan fingerprint density at radius 2 is 1.91 bits per heavy atom. The number of hydrogen-bond donors (Lipinski definition) is 1. The second kappa shape index (κ2) is 7.02. The Morgan fingerprint density at radius 1 is 1.27 bits per heavy atom. The van der Waals surface area contributed by atoms with Gasteiger partial charge in [-0.05, 0) is 36.5 Å². The molecule has 0 amide bonds. The molecule has 0 radical (unpaired) electrons. The molecule has 1 aliphatic heterocycles. The zero-order valence-electron chi connectivity index (χ0n) is 12.9. The third-order valence-electron chi connectivity index (χ3n) is 4.15. The fourth-order valence-electron chi connectivity index (χ4n) is 2.67. The number of hydrogen-bond acceptors (Lipinski definition) is 3. The molecule has 0 aromatic heterocycles. The lowest BCUT2D eigenvalue weighted by molar-refractivity contribution is 0.289. The molecule has 4 nitrogen and oxygen atoms in total. The summed E-state index contributed by atoms with van der Waals surface area (Å²) >= 11 is 0. The highest BCUT2D eigenvalue weighted by Crippen LogP contribution is 2.19. The van der Waals surface area contributed by atoms with Crippen LogP contribution < -0.4 is 5.32 Å². The fraction of sp³-hybridized carbons (Fsp3) is 0.600. The van der Waals surface area contributed by atoms with Crippen molar-refractivity contribution in [2.75, 3.05) is 25.9 Å². The minimum atomic E-state index is -3.10. The van der Waals surface area contributed by atoms with Gasteiger partial charge in [0.1, 0.15) is 0 Å². The van der Waals surface area contributed by atoms with Crippen LogP contribution >= 0.6 is 0 Å². The van der Waals surface area contributed by atoms with Crippen molar-refractivity contribution >= 4 is 10.0 Å². The number of sulfonamides is 1. The maximum atomic E-state index is 13.2. The first kappa shape index (κ1) is 17.3. The highest BCUT2D eigenvalue weighted by molar-refractivity contribution is 7.88. The summed E-state index contributed by atoms with van der Waals surface area (Å²) in [5.74, 6) is -1.61. The molecule has 7 heteroatoms. The zero-order chi connectivity index (χ0) is 16.3. The van der Waals surface area contributed by atoms with Crippen LogP contribution in [0.5, 0.6) is 0 Å². The summed E-state index contributed by atoms with van der Waals surface area (Å²) in [6.45, 7) is 3.64. The van der Waals surface area contributed by atoms with Crippen molar-refractivity contribution in [1.29, 1.82) is 0 Å². The highest BCUT2D eigenvalue weighted by atomic mass is 32.2. The summed E-state index contributed by atoms with van der Waals surface area (Å²) < 4.78 is 50.5. The van der Waals surface area contributed by atoms with Gasteiger partial charge in [-0.3, -0.25) is 0 Å². The minimum Gasteiger partial charge on any atom is -0.313 e. The van der Waals surface area contributed by atoms with Crippen LogP contribution in [0.4, 0.5) is 8.78 Å². The van der Waals surface area contributed by atoms with E-state index in [0.29, 0.717) is 19.6 Å². The lowest BCUT2D eigenvalue weighted by Crippen LogP contribution is -2.45. The van der Waals surface area contributed by atoms with Gasteiger partial charge in [0, 0.05) is 25.7 Å². The minimum absolute atomic E-state index is 0.0584. The van der Waals surface area contributed by atoms with Gasteiger partial charge in [0.2, 0.25) is 10.0 Å². The van der Waals surface area contributed by atoms with Gasteiger partial charge in [-0.15, -0.1) is 0 Å². The highest BCUT2D eigenvalue weighted by Gasteiger charge is 2.24. The number of halogens is 2. The second-order valence-corrected chi connectivity index (χ2v) is 7.90. The van der Waals surface area contributed by atoms with Gasteiger partial charge in [0.25, 0.3) is 0 Å². The molecule has 1 fully saturated rings. The van der Waals surface area contributed by atoms with Crippen LogP contribution in [0.1, 0.15) is 31.2 Å². The molecule has 1 aromatic rings. The first-order valence-corrected chi connectivity index (χ1v) is 9.25. The van der Waals surface area contributed by atoms with E-state index in [-0.39, 0.29) is 12.0 Å². The molecule has 1 aromatic carbocycles. The van der Waals surface area contributed by atoms with E-state index in [4.69, 9.17) is 0 Å². The summed E-state index contributed by atoms with van der Waals surface area (Å²) in [5, 5.41) is 3.39. The van der Waals surface area contributed by atoms with Crippen molar-refractivity contribution in [3.63, 3.8) is 0 Å². The molecule has 0 aliphatic carbocycles. The number of rotatable bonds is 5. The van der Waals surface area contributed by atoms with Gasteiger partial charge in [-0.25, -0.2) is 21.5 Å². The van der Waals surface area contributed by atoms with Crippen LogP contribution in [-0.4, -0.2) is 44.7 Å². The number of nitrogens with one attached hydrogen (secondary N) is 1. The van der Waals surface area contributed by atoms with E-state index < -0.39 is 21.7 Å². The van der Waals surface area contributed by atoms with Gasteiger partial charge >= 0.3 is 0 Å². The predicted molar refractivity (Wildman–Crippen MR) is 82.2 cm³/mol. The molecular formula is C15H22F2N2O2S. The third kappa shape index (κ3) is 4.47. The number of benzene rings is 1. The lowest BCUT2D eigenvalue weighted by atomic mass is 9.99. The van der Waals surface area contributed by atoms with Crippen molar-refractivity contribution in [2.45, 2.75) is 31.7 Å². The first-order chi connectivity index (χ1) is 10.3. The van der Waals surface area contributed by atoms with E-state index in [1.165, 1.54) is 16.6 Å². The van der Waals surface area contributed by atoms with Crippen molar-refractivity contribution in [2.24, 2.45) is 0 Å². The van der Waals surface area contributed by atoms with Crippen LogP contribution in [-0.2, 0) is 10.0 Å². The maximum Gasteiger partial charge on any atom is 0.211 e. The van der Waals surface area contributed by atoms with E-state index >= 15 is 0 Å². The van der Waals surface area contributed by atoms with Crippen molar-refractivity contribution < 1.29 is 17.2 Å². The molecule has 1 unspecified atom stereocenters. The predicted octanol–water partition coefficient (Wildman–Crippen LogP) is 2.08. The molecule has 1 atom stereocenters. The summed E-state index contributed by atoms with van der Waals surface area (Å²) in [6.07, 6.45) is 2.75. The maximum absolute atomic E-state index is 13.2. The molecule has 124 valence electrons. The Kier molecular flexibility index (Phi) is 5.52. The van der Waals surface area contributed by atoms with Crippen LogP contribution in [0.25, 0.3) is 0 Å². The average Bonchev–Trinajstić information content (AvgIpc) is 2.47. The summed E-state index contributed by atoms with van der Waals surface area (Å²) in [6, 6.07) is 4.22. The van der Waals surface area contributed by atoms with E-state index in [1.807, 2.05) is 6.92 Å². The zero-order valence-corrected chi connectivity index (χ0v) is 13.7. The topological polar surface area (TPSA) is 49.4 Å². The summed E-state index contributed by atoms with van der Waals surface area (Å²) in [5.41, 5.74) is 0.750. The molecule has 0 bridgehead atoms. The Labute approximate surface area is 130 Å². The smallest absolute Gasteiger partial charge is 0.211 e. The fourth-order valence-corrected chi connectivity index (χ4v) is 3.55. The lowest BCUT2D eigenvalue weighted by Gasteiger charge is -2.31. The quantitative estimate of drug-likeness (QED) is 0.898. The van der Waals surface area contributed by atoms with Gasteiger partial charge in [0.05, 0.1) is 6.26 Å². The molecule has 1 heterocycles. The first-order valence-electron chi connectivity index (χ1n) is 7.41. The summed E-state index contributed by atoms with van der Waals surface area (Å²) in [7, 11) is -3.10. The van der Waals surface area contributed by atoms with Crippen LogP contribution in [0, 0.1) is 11.6 Å². The Morgan fingerprint density at radius 3 is 2.45 bits per heavy atom. The van der Waals surface area contributed by atoms with Crippen molar-refractivity contribution in [3.8, 4) is 0 Å².